The summed E-state index contributed by atoms with van der Waals surface area (Å²) in [5.74, 6) is 0.0185. The van der Waals surface area contributed by atoms with Crippen LogP contribution in [0.1, 0.15) is 35.3 Å². The maximum Gasteiger partial charge on any atom is 0.298 e. The molecule has 0 atom stereocenters. The Morgan fingerprint density at radius 1 is 1.60 bits per heavy atom. The summed E-state index contributed by atoms with van der Waals surface area (Å²) in [5, 5.41) is 2.29. The Bertz CT molecular complexity index is 375. The molecule has 1 heterocycles. The van der Waals surface area contributed by atoms with Crippen LogP contribution in [0.15, 0.2) is 5.38 Å². The summed E-state index contributed by atoms with van der Waals surface area (Å²) in [7, 11) is 0. The van der Waals surface area contributed by atoms with Gasteiger partial charge in [-0.25, -0.2) is 4.98 Å². The number of nitrogens with one attached hydrogen (secondary N) is 2. The molecule has 0 aliphatic heterocycles. The summed E-state index contributed by atoms with van der Waals surface area (Å²) in [6.45, 7) is 4.05. The Balaban J connectivity index is 2.62. The molecule has 0 unspecified atom stereocenters. The molecule has 0 bridgehead atoms. The zero-order chi connectivity index (χ0) is 11.4. The number of hydrazine groups is 1. The van der Waals surface area contributed by atoms with Crippen LogP contribution < -0.4 is 10.9 Å². The van der Waals surface area contributed by atoms with Gasteiger partial charge >= 0.3 is 0 Å². The maximum atomic E-state index is 11.5. The molecule has 4 nitrogen and oxygen atoms in total. The second kappa shape index (κ2) is 5.43. The minimum atomic E-state index is -0.302. The lowest BCUT2D eigenvalue weighted by Gasteiger charge is -2.03. The highest BCUT2D eigenvalue weighted by Gasteiger charge is 2.12. The third kappa shape index (κ3) is 3.77. The van der Waals surface area contributed by atoms with Crippen LogP contribution in [0.4, 0.5) is 0 Å². The van der Waals surface area contributed by atoms with Crippen molar-refractivity contribution in [2.45, 2.75) is 19.8 Å². The highest BCUT2D eigenvalue weighted by atomic mass is 32.1. The second-order valence-corrected chi connectivity index (χ2v) is 5.13. The molecule has 1 aromatic rings. The van der Waals surface area contributed by atoms with E-state index in [9.17, 15) is 4.79 Å². The molecule has 2 N–H and O–H groups in total. The molecule has 0 spiro atoms. The van der Waals surface area contributed by atoms with Gasteiger partial charge in [0.2, 0.25) is 0 Å². The van der Waals surface area contributed by atoms with Gasteiger partial charge in [0, 0.05) is 5.38 Å². The Morgan fingerprint density at radius 3 is 2.73 bits per heavy atom. The van der Waals surface area contributed by atoms with E-state index in [1.807, 2.05) is 19.2 Å². The van der Waals surface area contributed by atoms with Crippen molar-refractivity contribution in [1.82, 2.24) is 15.8 Å². The number of amides is 1. The van der Waals surface area contributed by atoms with Crippen LogP contribution in [0.5, 0.6) is 0 Å². The summed E-state index contributed by atoms with van der Waals surface area (Å²) in [5.41, 5.74) is 5.75. The van der Waals surface area contributed by atoms with E-state index in [1.54, 1.807) is 0 Å². The summed E-state index contributed by atoms with van der Waals surface area (Å²) in [6.07, 6.45) is 0. The van der Waals surface area contributed by atoms with Gasteiger partial charge in [-0.15, -0.1) is 24.0 Å². The molecule has 15 heavy (non-hydrogen) atoms. The van der Waals surface area contributed by atoms with E-state index in [0.717, 1.165) is 5.69 Å². The Labute approximate surface area is 103 Å². The van der Waals surface area contributed by atoms with Crippen LogP contribution >= 0.6 is 36.2 Å². The van der Waals surface area contributed by atoms with Crippen molar-refractivity contribution in [1.29, 1.82) is 0 Å². The van der Waals surface area contributed by atoms with Crippen LogP contribution in [0.25, 0.3) is 0 Å². The average molecular weight is 261 g/mol. The molecule has 0 aliphatic rings. The van der Waals surface area contributed by atoms with Crippen molar-refractivity contribution >= 4 is 46.4 Å². The number of thiocarbonyl (C=S) groups is 1. The number of thiol groups is 1. The molecule has 82 valence electrons. The van der Waals surface area contributed by atoms with E-state index >= 15 is 0 Å². The molecular formula is C8H11N3OS3. The zero-order valence-electron chi connectivity index (χ0n) is 8.27. The molecule has 1 aromatic heterocycles. The standard InChI is InChI=1S/C8H11N3OS3/c1-4(2)5-3-15-7(9-5)6(12)10-11-8(13)14/h3-4H,1-2H3,(H,10,12)(H2,11,13,14). The number of thiazole rings is 1. The minimum Gasteiger partial charge on any atom is -0.283 e. The fourth-order valence-electron chi connectivity index (χ4n) is 0.819. The van der Waals surface area contributed by atoms with Gasteiger partial charge in [-0.2, -0.15) is 0 Å². The number of hydrogen-bond acceptors (Lipinski definition) is 4. The van der Waals surface area contributed by atoms with Crippen LogP contribution in [0.2, 0.25) is 0 Å². The second-order valence-electron chi connectivity index (χ2n) is 3.12. The monoisotopic (exact) mass is 261 g/mol. The summed E-state index contributed by atoms with van der Waals surface area (Å²) in [4.78, 5) is 15.7. The molecule has 1 amide bonds. The van der Waals surface area contributed by atoms with Gasteiger partial charge in [-0.3, -0.25) is 15.6 Å². The minimum absolute atomic E-state index is 0.212. The van der Waals surface area contributed by atoms with Gasteiger partial charge in [0.25, 0.3) is 5.91 Å². The smallest absolute Gasteiger partial charge is 0.283 e. The van der Waals surface area contributed by atoms with E-state index in [1.165, 1.54) is 11.3 Å². The molecule has 0 aromatic carbocycles. The van der Waals surface area contributed by atoms with Crippen LogP contribution in [0.3, 0.4) is 0 Å². The molecule has 0 saturated carbocycles. The van der Waals surface area contributed by atoms with Crippen LogP contribution in [-0.4, -0.2) is 15.2 Å². The third-order valence-corrected chi connectivity index (χ3v) is 2.66. The number of nitrogens with zero attached hydrogens (tertiary/aromatic N) is 1. The first kappa shape index (κ1) is 12.4. The van der Waals surface area contributed by atoms with Crippen molar-refractivity contribution in [3.63, 3.8) is 0 Å². The molecule has 0 aliphatic carbocycles. The van der Waals surface area contributed by atoms with Gasteiger partial charge in [0.15, 0.2) is 5.01 Å². The lowest BCUT2D eigenvalue weighted by Crippen LogP contribution is -2.38. The van der Waals surface area contributed by atoms with Gasteiger partial charge in [0.05, 0.1) is 5.69 Å². The van der Waals surface area contributed by atoms with Crippen molar-refractivity contribution in [2.75, 3.05) is 0 Å². The van der Waals surface area contributed by atoms with E-state index in [0.29, 0.717) is 10.9 Å². The van der Waals surface area contributed by atoms with E-state index < -0.39 is 0 Å². The lowest BCUT2D eigenvalue weighted by molar-refractivity contribution is 0.0944. The Hall–Kier alpha value is -0.660. The number of rotatable bonds is 2. The topological polar surface area (TPSA) is 54.0 Å². The number of hydrogen-bond donors (Lipinski definition) is 3. The van der Waals surface area contributed by atoms with E-state index in [-0.39, 0.29) is 10.2 Å². The predicted molar refractivity (Wildman–Crippen MR) is 68.4 cm³/mol. The zero-order valence-corrected chi connectivity index (χ0v) is 10.8. The molecule has 0 fully saturated rings. The SMILES string of the molecule is CC(C)c1csc(C(=O)NNC(=S)S)n1. The van der Waals surface area contributed by atoms with Crippen molar-refractivity contribution < 1.29 is 4.79 Å². The van der Waals surface area contributed by atoms with Crippen LogP contribution in [0, 0.1) is 0 Å². The molecule has 1 rings (SSSR count). The third-order valence-electron chi connectivity index (χ3n) is 1.59. The van der Waals surface area contributed by atoms with Crippen molar-refractivity contribution in [3.05, 3.63) is 16.1 Å². The van der Waals surface area contributed by atoms with E-state index in [2.05, 4.69) is 40.7 Å². The molecule has 0 radical (unpaired) electrons. The predicted octanol–water partition coefficient (Wildman–Crippen LogP) is 1.72. The summed E-state index contributed by atoms with van der Waals surface area (Å²) in [6, 6.07) is 0. The first-order chi connectivity index (χ1) is 7.00. The maximum absolute atomic E-state index is 11.5. The largest absolute Gasteiger partial charge is 0.298 e. The molecular weight excluding hydrogens is 250 g/mol. The number of carbonyl (C=O) groups excluding carboxylic acids is 1. The summed E-state index contributed by atoms with van der Waals surface area (Å²) < 4.78 is 0.212. The van der Waals surface area contributed by atoms with Crippen molar-refractivity contribution in [3.8, 4) is 0 Å². The Kier molecular flexibility index (Phi) is 4.49. The summed E-state index contributed by atoms with van der Waals surface area (Å²) >= 11 is 9.75. The first-order valence-corrected chi connectivity index (χ1v) is 5.99. The fraction of sp³-hybridized carbons (Fsp3) is 0.375. The molecule has 0 saturated heterocycles. The van der Waals surface area contributed by atoms with Gasteiger partial charge in [-0.1, -0.05) is 26.1 Å². The van der Waals surface area contributed by atoms with Gasteiger partial charge in [-0.05, 0) is 5.92 Å². The number of carbonyl (C=O) groups is 1. The Morgan fingerprint density at radius 2 is 2.27 bits per heavy atom. The van der Waals surface area contributed by atoms with E-state index in [4.69, 9.17) is 0 Å². The highest BCUT2D eigenvalue weighted by molar-refractivity contribution is 8.11. The normalized spacial score (nSPS) is 10.1. The quantitative estimate of drug-likeness (QED) is 0.431. The average Bonchev–Trinajstić information content (AvgIpc) is 2.62. The van der Waals surface area contributed by atoms with Gasteiger partial charge < -0.3 is 0 Å². The lowest BCUT2D eigenvalue weighted by atomic mass is 10.2. The number of aromatic nitrogens is 1. The van der Waals surface area contributed by atoms with Crippen molar-refractivity contribution in [2.24, 2.45) is 0 Å². The first-order valence-electron chi connectivity index (χ1n) is 4.25. The van der Waals surface area contributed by atoms with Gasteiger partial charge in [0.1, 0.15) is 4.32 Å². The van der Waals surface area contributed by atoms with Crippen LogP contribution in [-0.2, 0) is 0 Å². The molecule has 7 heteroatoms. The fourth-order valence-corrected chi connectivity index (χ4v) is 1.80. The highest BCUT2D eigenvalue weighted by Crippen LogP contribution is 2.17.